The highest BCUT2D eigenvalue weighted by Crippen LogP contribution is 2.35. The molecule has 1 fully saturated rings. The molecule has 1 saturated heterocycles. The van der Waals surface area contributed by atoms with Gasteiger partial charge in [-0.05, 0) is 36.6 Å². The number of nitrogens with zero attached hydrogens (tertiary/aromatic N) is 4. The normalized spacial score (nSPS) is 16.0. The van der Waals surface area contributed by atoms with Gasteiger partial charge in [0.1, 0.15) is 11.8 Å². The number of benzene rings is 1. The Morgan fingerprint density at radius 1 is 1.19 bits per heavy atom. The zero-order valence-electron chi connectivity index (χ0n) is 16.6. The van der Waals surface area contributed by atoms with E-state index in [0.717, 1.165) is 29.0 Å². The summed E-state index contributed by atoms with van der Waals surface area (Å²) in [7, 11) is 0. The Kier molecular flexibility index (Phi) is 5.53. The van der Waals surface area contributed by atoms with Crippen molar-refractivity contribution in [3.63, 3.8) is 0 Å². The van der Waals surface area contributed by atoms with Crippen LogP contribution in [-0.4, -0.2) is 32.3 Å². The third-order valence-corrected chi connectivity index (χ3v) is 6.55. The van der Waals surface area contributed by atoms with Crippen LogP contribution in [0.15, 0.2) is 64.9 Å². The smallest absolute Gasteiger partial charge is 0.256 e. The fourth-order valence-electron chi connectivity index (χ4n) is 3.92. The van der Waals surface area contributed by atoms with Gasteiger partial charge in [0.25, 0.3) is 5.91 Å². The topological polar surface area (TPSA) is 72.1 Å². The van der Waals surface area contributed by atoms with Gasteiger partial charge in [-0.3, -0.25) is 14.8 Å². The van der Waals surface area contributed by atoms with Crippen LogP contribution in [-0.2, 0) is 6.42 Å². The molecule has 31 heavy (non-hydrogen) atoms. The molecule has 0 bridgehead atoms. The first-order chi connectivity index (χ1) is 15.2. The van der Waals surface area contributed by atoms with Crippen molar-refractivity contribution in [3.05, 3.63) is 88.3 Å². The van der Waals surface area contributed by atoms with Crippen molar-refractivity contribution in [2.45, 2.75) is 25.3 Å². The van der Waals surface area contributed by atoms with E-state index in [9.17, 15) is 4.79 Å². The van der Waals surface area contributed by atoms with Crippen molar-refractivity contribution in [1.29, 1.82) is 0 Å². The number of carbonyl (C=O) groups excluding carboxylic acids is 1. The van der Waals surface area contributed by atoms with Crippen molar-refractivity contribution in [1.82, 2.24) is 19.9 Å². The Morgan fingerprint density at radius 3 is 2.94 bits per heavy atom. The minimum absolute atomic E-state index is 0.0650. The minimum atomic E-state index is -0.193. The van der Waals surface area contributed by atoms with Crippen molar-refractivity contribution in [2.24, 2.45) is 0 Å². The van der Waals surface area contributed by atoms with E-state index in [4.69, 9.17) is 16.0 Å². The van der Waals surface area contributed by atoms with Gasteiger partial charge in [0.15, 0.2) is 0 Å². The van der Waals surface area contributed by atoms with Crippen LogP contribution in [0.25, 0.3) is 10.6 Å². The quantitative estimate of drug-likeness (QED) is 0.406. The van der Waals surface area contributed by atoms with Gasteiger partial charge in [-0.15, -0.1) is 11.3 Å². The Balaban J connectivity index is 1.40. The number of halogens is 1. The second kappa shape index (κ2) is 8.61. The molecule has 4 aromatic rings. The van der Waals surface area contributed by atoms with Crippen LogP contribution in [0.1, 0.15) is 46.5 Å². The number of aromatic nitrogens is 3. The van der Waals surface area contributed by atoms with E-state index >= 15 is 0 Å². The van der Waals surface area contributed by atoms with E-state index in [1.807, 2.05) is 35.2 Å². The van der Waals surface area contributed by atoms with Gasteiger partial charge in [-0.1, -0.05) is 29.8 Å². The van der Waals surface area contributed by atoms with Crippen LogP contribution in [0.5, 0.6) is 0 Å². The molecule has 0 radical (unpaired) electrons. The predicted molar refractivity (Wildman–Crippen MR) is 119 cm³/mol. The van der Waals surface area contributed by atoms with Crippen LogP contribution in [0.3, 0.4) is 0 Å². The maximum atomic E-state index is 13.5. The molecule has 0 unspecified atom stereocenters. The lowest BCUT2D eigenvalue weighted by Gasteiger charge is -2.23. The predicted octanol–water partition coefficient (Wildman–Crippen LogP) is 5.41. The van der Waals surface area contributed by atoms with Crippen molar-refractivity contribution in [3.8, 4) is 10.6 Å². The van der Waals surface area contributed by atoms with Gasteiger partial charge < -0.3 is 9.32 Å². The summed E-state index contributed by atoms with van der Waals surface area (Å²) in [5.41, 5.74) is 3.95. The summed E-state index contributed by atoms with van der Waals surface area (Å²) >= 11 is 7.74. The van der Waals surface area contributed by atoms with Crippen molar-refractivity contribution in [2.75, 3.05) is 6.54 Å². The summed E-state index contributed by atoms with van der Waals surface area (Å²) in [6.45, 7) is 0.656. The number of oxazole rings is 1. The van der Waals surface area contributed by atoms with E-state index in [1.165, 1.54) is 11.3 Å². The second-order valence-electron chi connectivity index (χ2n) is 7.35. The number of pyridine rings is 1. The molecule has 1 aliphatic heterocycles. The molecular formula is C23H19ClN4O2S. The van der Waals surface area contributed by atoms with E-state index in [2.05, 4.69) is 15.0 Å². The molecule has 4 heterocycles. The molecule has 0 spiro atoms. The molecule has 5 rings (SSSR count). The lowest BCUT2D eigenvalue weighted by Crippen LogP contribution is -2.31. The molecule has 0 N–H and O–H groups in total. The van der Waals surface area contributed by atoms with Crippen LogP contribution in [0, 0.1) is 0 Å². The fraction of sp³-hybridized carbons (Fsp3) is 0.217. The van der Waals surface area contributed by atoms with E-state index < -0.39 is 0 Å². The molecule has 1 aliphatic rings. The summed E-state index contributed by atoms with van der Waals surface area (Å²) in [5, 5.41) is 0.699. The Bertz CT molecular complexity index is 1210. The minimum Gasteiger partial charge on any atom is -0.443 e. The summed E-state index contributed by atoms with van der Waals surface area (Å²) in [5.74, 6) is 1.23. The lowest BCUT2D eigenvalue weighted by atomic mass is 10.1. The van der Waals surface area contributed by atoms with Gasteiger partial charge >= 0.3 is 0 Å². The summed E-state index contributed by atoms with van der Waals surface area (Å²) in [6.07, 6.45) is 7.43. The molecule has 0 saturated carbocycles. The zero-order valence-corrected chi connectivity index (χ0v) is 18.1. The van der Waals surface area contributed by atoms with Crippen molar-refractivity contribution < 1.29 is 9.21 Å². The van der Waals surface area contributed by atoms with Gasteiger partial charge in [-0.25, -0.2) is 4.98 Å². The van der Waals surface area contributed by atoms with E-state index in [1.54, 1.807) is 30.2 Å². The zero-order chi connectivity index (χ0) is 21.2. The Hall–Kier alpha value is -3.03. The number of likely N-dealkylation sites (tertiary alicyclic amines) is 1. The summed E-state index contributed by atoms with van der Waals surface area (Å²) in [6, 6.07) is 11.1. The van der Waals surface area contributed by atoms with Crippen LogP contribution in [0.2, 0.25) is 5.02 Å². The summed E-state index contributed by atoms with van der Waals surface area (Å²) < 4.78 is 6.06. The maximum Gasteiger partial charge on any atom is 0.256 e. The first kappa shape index (κ1) is 19.9. The third-order valence-electron chi connectivity index (χ3n) is 5.40. The molecule has 0 aliphatic carbocycles. The number of carbonyl (C=O) groups is 1. The maximum absolute atomic E-state index is 13.5. The summed E-state index contributed by atoms with van der Waals surface area (Å²) in [4.78, 5) is 29.2. The molecule has 1 atom stereocenters. The third kappa shape index (κ3) is 3.98. The number of hydrogen-bond donors (Lipinski definition) is 0. The SMILES string of the molecule is O=C(c1cccnc1-c1cncs1)N1CCC[C@@H]1c1ncc(Cc2ccccc2Cl)o1. The van der Waals surface area contributed by atoms with E-state index in [-0.39, 0.29) is 11.9 Å². The molecule has 1 amide bonds. The number of amides is 1. The van der Waals surface area contributed by atoms with Gasteiger partial charge in [0.2, 0.25) is 5.89 Å². The number of hydrogen-bond acceptors (Lipinski definition) is 6. The first-order valence-corrected chi connectivity index (χ1v) is 11.3. The van der Waals surface area contributed by atoms with Crippen LogP contribution < -0.4 is 0 Å². The Morgan fingerprint density at radius 2 is 2.10 bits per heavy atom. The van der Waals surface area contributed by atoms with Gasteiger partial charge in [0.05, 0.1) is 27.8 Å². The molecule has 3 aromatic heterocycles. The van der Waals surface area contributed by atoms with Crippen LogP contribution >= 0.6 is 22.9 Å². The molecular weight excluding hydrogens is 432 g/mol. The monoisotopic (exact) mass is 450 g/mol. The number of thiazole rings is 1. The Labute approximate surface area is 188 Å². The highest BCUT2D eigenvalue weighted by molar-refractivity contribution is 7.13. The molecule has 1 aromatic carbocycles. The molecule has 156 valence electrons. The first-order valence-electron chi connectivity index (χ1n) is 10.0. The van der Waals surface area contributed by atoms with Crippen LogP contribution in [0.4, 0.5) is 0 Å². The van der Waals surface area contributed by atoms with Gasteiger partial charge in [-0.2, -0.15) is 0 Å². The van der Waals surface area contributed by atoms with E-state index in [0.29, 0.717) is 35.1 Å². The largest absolute Gasteiger partial charge is 0.443 e. The highest BCUT2D eigenvalue weighted by Gasteiger charge is 2.35. The average Bonchev–Trinajstić information content (AvgIpc) is 3.56. The van der Waals surface area contributed by atoms with Crippen molar-refractivity contribution >= 4 is 28.8 Å². The standard InChI is InChI=1S/C23H19ClN4O2S/c24-18-7-2-1-5-15(18)11-16-12-27-22(30-16)19-8-4-10-28(19)23(29)17-6-3-9-26-21(17)20-13-25-14-31-20/h1-3,5-7,9,12-14,19H,4,8,10-11H2/t19-/m1/s1. The molecule has 8 heteroatoms. The highest BCUT2D eigenvalue weighted by atomic mass is 35.5. The second-order valence-corrected chi connectivity index (χ2v) is 8.65. The number of rotatable bonds is 5. The molecule has 6 nitrogen and oxygen atoms in total. The average molecular weight is 451 g/mol. The van der Waals surface area contributed by atoms with Gasteiger partial charge in [0, 0.05) is 30.4 Å². The fourth-order valence-corrected chi connectivity index (χ4v) is 4.75. The lowest BCUT2D eigenvalue weighted by molar-refractivity contribution is 0.0715.